The topological polar surface area (TPSA) is 82.5 Å². The number of hydrogen-bond acceptors (Lipinski definition) is 4. The van der Waals surface area contributed by atoms with E-state index in [0.717, 1.165) is 25.0 Å². The SMILES string of the molecule is CCC(C(=O)O)N(C)C(=O)Nc1nc2c(s1)CCCC2. The second-order valence-corrected chi connectivity index (χ2v) is 5.98. The van der Waals surface area contributed by atoms with Gasteiger partial charge in [0.2, 0.25) is 0 Å². The summed E-state index contributed by atoms with van der Waals surface area (Å²) < 4.78 is 0. The maximum Gasteiger partial charge on any atom is 0.326 e. The van der Waals surface area contributed by atoms with Gasteiger partial charge in [0.15, 0.2) is 5.13 Å². The summed E-state index contributed by atoms with van der Waals surface area (Å²) in [6, 6.07) is -1.24. The van der Waals surface area contributed by atoms with Crippen LogP contribution in [-0.4, -0.2) is 40.1 Å². The lowest BCUT2D eigenvalue weighted by atomic mass is 10.0. The first kappa shape index (κ1) is 14.8. The van der Waals surface area contributed by atoms with E-state index in [-0.39, 0.29) is 0 Å². The van der Waals surface area contributed by atoms with E-state index in [2.05, 4.69) is 10.3 Å². The Morgan fingerprint density at radius 1 is 1.45 bits per heavy atom. The first-order chi connectivity index (χ1) is 9.52. The third-order valence-electron chi connectivity index (χ3n) is 3.52. The summed E-state index contributed by atoms with van der Waals surface area (Å²) in [5.41, 5.74) is 1.07. The number of likely N-dealkylation sites (N-methyl/N-ethyl adjacent to an activating group) is 1. The molecule has 0 radical (unpaired) electrons. The van der Waals surface area contributed by atoms with Crippen molar-refractivity contribution in [2.75, 3.05) is 12.4 Å². The lowest BCUT2D eigenvalue weighted by Gasteiger charge is -2.23. The van der Waals surface area contributed by atoms with Crippen LogP contribution in [0, 0.1) is 0 Å². The zero-order chi connectivity index (χ0) is 14.7. The molecule has 0 aromatic carbocycles. The van der Waals surface area contributed by atoms with E-state index in [0.29, 0.717) is 11.6 Å². The fraction of sp³-hybridized carbons (Fsp3) is 0.615. The molecule has 1 aliphatic rings. The number of rotatable bonds is 4. The maximum absolute atomic E-state index is 12.0. The van der Waals surface area contributed by atoms with Crippen molar-refractivity contribution < 1.29 is 14.7 Å². The summed E-state index contributed by atoms with van der Waals surface area (Å²) in [5.74, 6) is -0.997. The number of aromatic nitrogens is 1. The molecule has 0 aliphatic heterocycles. The van der Waals surface area contributed by atoms with Crippen LogP contribution >= 0.6 is 11.3 Å². The predicted molar refractivity (Wildman–Crippen MR) is 77.3 cm³/mol. The van der Waals surface area contributed by atoms with Crippen LogP contribution in [0.2, 0.25) is 0 Å². The number of fused-ring (bicyclic) bond motifs is 1. The van der Waals surface area contributed by atoms with E-state index in [9.17, 15) is 9.59 Å². The highest BCUT2D eigenvalue weighted by Crippen LogP contribution is 2.29. The maximum atomic E-state index is 12.0. The molecule has 1 heterocycles. The number of anilines is 1. The minimum Gasteiger partial charge on any atom is -0.480 e. The second kappa shape index (κ2) is 6.21. The zero-order valence-corrected chi connectivity index (χ0v) is 12.5. The van der Waals surface area contributed by atoms with Crippen LogP contribution in [-0.2, 0) is 17.6 Å². The van der Waals surface area contributed by atoms with Crippen LogP contribution in [0.3, 0.4) is 0 Å². The summed E-state index contributed by atoms with van der Waals surface area (Å²) in [4.78, 5) is 30.0. The Morgan fingerprint density at radius 3 is 2.75 bits per heavy atom. The standard InChI is InChI=1S/C13H19N3O3S/c1-3-9(11(17)18)16(2)13(19)15-12-14-8-6-4-5-7-10(8)20-12/h9H,3-7H2,1-2H3,(H,17,18)(H,14,15,19). The monoisotopic (exact) mass is 297 g/mol. The summed E-state index contributed by atoms with van der Waals surface area (Å²) in [6.45, 7) is 1.74. The van der Waals surface area contributed by atoms with Gasteiger partial charge in [-0.15, -0.1) is 11.3 Å². The van der Waals surface area contributed by atoms with Gasteiger partial charge in [-0.2, -0.15) is 0 Å². The number of carbonyl (C=O) groups is 2. The van der Waals surface area contributed by atoms with Gasteiger partial charge in [0.1, 0.15) is 6.04 Å². The molecule has 0 spiro atoms. The van der Waals surface area contributed by atoms with Crippen LogP contribution < -0.4 is 5.32 Å². The molecular formula is C13H19N3O3S. The molecular weight excluding hydrogens is 278 g/mol. The molecule has 1 unspecified atom stereocenters. The smallest absolute Gasteiger partial charge is 0.326 e. The van der Waals surface area contributed by atoms with Gasteiger partial charge >= 0.3 is 12.0 Å². The summed E-state index contributed by atoms with van der Waals surface area (Å²) in [6.07, 6.45) is 4.66. The van der Waals surface area contributed by atoms with Crippen molar-refractivity contribution in [3.63, 3.8) is 0 Å². The van der Waals surface area contributed by atoms with Gasteiger partial charge in [-0.05, 0) is 32.1 Å². The number of amides is 2. The molecule has 110 valence electrons. The van der Waals surface area contributed by atoms with Gasteiger partial charge in [-0.3, -0.25) is 5.32 Å². The van der Waals surface area contributed by atoms with Crippen molar-refractivity contribution >= 4 is 28.5 Å². The molecule has 1 aliphatic carbocycles. The van der Waals surface area contributed by atoms with Crippen molar-refractivity contribution in [2.24, 2.45) is 0 Å². The third-order valence-corrected chi connectivity index (χ3v) is 4.59. The predicted octanol–water partition coefficient (Wildman–Crippen LogP) is 2.35. The van der Waals surface area contributed by atoms with E-state index >= 15 is 0 Å². The Balaban J connectivity index is 2.03. The summed E-state index contributed by atoms with van der Waals surface area (Å²) >= 11 is 1.49. The van der Waals surface area contributed by atoms with Crippen molar-refractivity contribution in [3.8, 4) is 0 Å². The number of aryl methyl sites for hydroxylation is 2. The number of urea groups is 1. The number of nitrogens with one attached hydrogen (secondary N) is 1. The van der Waals surface area contributed by atoms with E-state index in [1.165, 1.54) is 34.6 Å². The Morgan fingerprint density at radius 2 is 2.15 bits per heavy atom. The molecule has 1 aromatic rings. The number of thiazole rings is 1. The number of carboxylic acid groups (broad SMARTS) is 1. The quantitative estimate of drug-likeness (QED) is 0.893. The Kier molecular flexibility index (Phi) is 4.59. The van der Waals surface area contributed by atoms with E-state index in [1.807, 2.05) is 0 Å². The molecule has 7 heteroatoms. The third kappa shape index (κ3) is 3.09. The minimum absolute atomic E-state index is 0.369. The van der Waals surface area contributed by atoms with Crippen LogP contribution in [0.5, 0.6) is 0 Å². The van der Waals surface area contributed by atoms with Crippen LogP contribution in [0.1, 0.15) is 36.8 Å². The van der Waals surface area contributed by atoms with Crippen molar-refractivity contribution in [1.29, 1.82) is 0 Å². The zero-order valence-electron chi connectivity index (χ0n) is 11.7. The van der Waals surface area contributed by atoms with Gasteiger partial charge < -0.3 is 10.0 Å². The molecule has 20 heavy (non-hydrogen) atoms. The lowest BCUT2D eigenvalue weighted by molar-refractivity contribution is -0.141. The van der Waals surface area contributed by atoms with E-state index < -0.39 is 18.0 Å². The Labute approximate surface area is 121 Å². The Bertz CT molecular complexity index is 491. The normalized spacial score (nSPS) is 15.3. The molecule has 2 rings (SSSR count). The number of hydrogen-bond donors (Lipinski definition) is 2. The average molecular weight is 297 g/mol. The van der Waals surface area contributed by atoms with Gasteiger partial charge in [-0.25, -0.2) is 14.6 Å². The molecule has 0 bridgehead atoms. The van der Waals surface area contributed by atoms with E-state index in [4.69, 9.17) is 5.11 Å². The lowest BCUT2D eigenvalue weighted by Crippen LogP contribution is -2.44. The highest BCUT2D eigenvalue weighted by Gasteiger charge is 2.25. The molecule has 2 amide bonds. The highest BCUT2D eigenvalue weighted by molar-refractivity contribution is 7.15. The van der Waals surface area contributed by atoms with Gasteiger partial charge in [0.25, 0.3) is 0 Å². The van der Waals surface area contributed by atoms with E-state index in [1.54, 1.807) is 6.92 Å². The fourth-order valence-electron chi connectivity index (χ4n) is 2.34. The van der Waals surface area contributed by atoms with Crippen molar-refractivity contribution in [1.82, 2.24) is 9.88 Å². The van der Waals surface area contributed by atoms with Crippen molar-refractivity contribution in [2.45, 2.75) is 45.1 Å². The van der Waals surface area contributed by atoms with Crippen LogP contribution in [0.15, 0.2) is 0 Å². The van der Waals surface area contributed by atoms with Crippen LogP contribution in [0.4, 0.5) is 9.93 Å². The first-order valence-corrected chi connectivity index (χ1v) is 7.59. The van der Waals surface area contributed by atoms with Gasteiger partial charge in [0, 0.05) is 11.9 Å². The summed E-state index contributed by atoms with van der Waals surface area (Å²) in [5, 5.41) is 12.3. The molecule has 6 nitrogen and oxygen atoms in total. The molecule has 1 aromatic heterocycles. The fourth-order valence-corrected chi connectivity index (χ4v) is 3.38. The molecule has 1 atom stereocenters. The molecule has 0 saturated heterocycles. The highest BCUT2D eigenvalue weighted by atomic mass is 32.1. The number of aliphatic carboxylic acids is 1. The Hall–Kier alpha value is -1.63. The van der Waals surface area contributed by atoms with Gasteiger partial charge in [-0.1, -0.05) is 6.92 Å². The minimum atomic E-state index is -0.997. The second-order valence-electron chi connectivity index (χ2n) is 4.90. The van der Waals surface area contributed by atoms with Gasteiger partial charge in [0.05, 0.1) is 5.69 Å². The largest absolute Gasteiger partial charge is 0.480 e. The number of nitrogens with zero attached hydrogens (tertiary/aromatic N) is 2. The average Bonchev–Trinajstić information content (AvgIpc) is 2.80. The molecule has 2 N–H and O–H groups in total. The van der Waals surface area contributed by atoms with Crippen molar-refractivity contribution in [3.05, 3.63) is 10.6 Å². The first-order valence-electron chi connectivity index (χ1n) is 6.78. The van der Waals surface area contributed by atoms with Crippen LogP contribution in [0.25, 0.3) is 0 Å². The number of carbonyl (C=O) groups excluding carboxylic acids is 1. The molecule has 0 fully saturated rings. The molecule has 0 saturated carbocycles. The number of carboxylic acids is 1. The summed E-state index contributed by atoms with van der Waals surface area (Å²) in [7, 11) is 1.49.